The Balaban J connectivity index is 1.56. The first-order valence-corrected chi connectivity index (χ1v) is 7.93. The molecule has 1 saturated heterocycles. The lowest BCUT2D eigenvalue weighted by molar-refractivity contribution is -0.385. The molecule has 0 bridgehead atoms. The van der Waals surface area contributed by atoms with Crippen LogP contribution in [0.25, 0.3) is 0 Å². The summed E-state index contributed by atoms with van der Waals surface area (Å²) in [6.45, 7) is 2.13. The Hall–Kier alpha value is -2.25. The van der Waals surface area contributed by atoms with Gasteiger partial charge in [-0.2, -0.15) is 0 Å². The summed E-state index contributed by atoms with van der Waals surface area (Å²) in [5.41, 5.74) is 0.837. The number of hydrogen-bond donors (Lipinski definition) is 1. The zero-order valence-electron chi connectivity index (χ0n) is 12.8. The average Bonchev–Trinajstić information content (AvgIpc) is 3.03. The van der Waals surface area contributed by atoms with Gasteiger partial charge < -0.3 is 10.2 Å². The summed E-state index contributed by atoms with van der Waals surface area (Å²) in [6.07, 6.45) is 2.20. The molecular weight excluding hydrogens is 335 g/mol. The SMILES string of the molecule is O=[N+]([O-])c1ccc(N2CCC(NCc3ccc(F)cc3Cl)C2)nc1. The Morgan fingerprint density at radius 1 is 1.42 bits per heavy atom. The van der Waals surface area contributed by atoms with Crippen molar-refractivity contribution in [3.8, 4) is 0 Å². The molecule has 1 unspecified atom stereocenters. The van der Waals surface area contributed by atoms with E-state index in [4.69, 9.17) is 11.6 Å². The molecule has 2 heterocycles. The normalized spacial score (nSPS) is 17.2. The maximum absolute atomic E-state index is 13.0. The zero-order chi connectivity index (χ0) is 17.1. The van der Waals surface area contributed by atoms with Crippen LogP contribution in [0.15, 0.2) is 36.5 Å². The molecule has 8 heteroatoms. The molecule has 0 amide bonds. The summed E-state index contributed by atoms with van der Waals surface area (Å²) >= 11 is 6.02. The third-order valence-corrected chi connectivity index (χ3v) is 4.40. The van der Waals surface area contributed by atoms with Crippen molar-refractivity contribution in [3.05, 3.63) is 63.0 Å². The molecule has 1 aliphatic rings. The van der Waals surface area contributed by atoms with Gasteiger partial charge in [0.1, 0.15) is 17.8 Å². The van der Waals surface area contributed by atoms with E-state index in [1.807, 2.05) is 0 Å². The van der Waals surface area contributed by atoms with Crippen molar-refractivity contribution in [1.82, 2.24) is 10.3 Å². The van der Waals surface area contributed by atoms with E-state index in [0.717, 1.165) is 30.9 Å². The monoisotopic (exact) mass is 350 g/mol. The summed E-state index contributed by atoms with van der Waals surface area (Å²) in [4.78, 5) is 16.4. The number of benzene rings is 1. The van der Waals surface area contributed by atoms with Crippen LogP contribution in [-0.4, -0.2) is 29.0 Å². The maximum Gasteiger partial charge on any atom is 0.287 e. The molecule has 1 fully saturated rings. The third-order valence-electron chi connectivity index (χ3n) is 4.05. The van der Waals surface area contributed by atoms with Crippen molar-refractivity contribution in [2.24, 2.45) is 0 Å². The molecular formula is C16H16ClFN4O2. The van der Waals surface area contributed by atoms with Crippen molar-refractivity contribution in [2.45, 2.75) is 19.0 Å². The van der Waals surface area contributed by atoms with E-state index in [1.54, 1.807) is 12.1 Å². The molecule has 1 aromatic heterocycles. The van der Waals surface area contributed by atoms with Crippen molar-refractivity contribution in [1.29, 1.82) is 0 Å². The average molecular weight is 351 g/mol. The van der Waals surface area contributed by atoms with E-state index >= 15 is 0 Å². The summed E-state index contributed by atoms with van der Waals surface area (Å²) in [7, 11) is 0. The van der Waals surface area contributed by atoms with Gasteiger partial charge >= 0.3 is 0 Å². The van der Waals surface area contributed by atoms with Crippen LogP contribution in [0.4, 0.5) is 15.9 Å². The van der Waals surface area contributed by atoms with Crippen LogP contribution in [0.2, 0.25) is 5.02 Å². The van der Waals surface area contributed by atoms with Crippen LogP contribution in [0.5, 0.6) is 0 Å². The molecule has 1 aliphatic heterocycles. The fraction of sp³-hybridized carbons (Fsp3) is 0.312. The maximum atomic E-state index is 13.0. The fourth-order valence-corrected chi connectivity index (χ4v) is 2.96. The van der Waals surface area contributed by atoms with Gasteiger partial charge in [-0.25, -0.2) is 9.37 Å². The molecule has 0 spiro atoms. The van der Waals surface area contributed by atoms with Gasteiger partial charge in [-0.15, -0.1) is 0 Å². The van der Waals surface area contributed by atoms with Crippen molar-refractivity contribution in [3.63, 3.8) is 0 Å². The van der Waals surface area contributed by atoms with Crippen LogP contribution >= 0.6 is 11.6 Å². The summed E-state index contributed by atoms with van der Waals surface area (Å²) in [6, 6.07) is 7.75. The summed E-state index contributed by atoms with van der Waals surface area (Å²) in [5, 5.41) is 14.5. The van der Waals surface area contributed by atoms with Gasteiger partial charge in [-0.05, 0) is 30.2 Å². The number of rotatable bonds is 5. The van der Waals surface area contributed by atoms with E-state index in [9.17, 15) is 14.5 Å². The second kappa shape index (κ2) is 7.11. The summed E-state index contributed by atoms with van der Waals surface area (Å²) in [5.74, 6) is 0.379. The minimum atomic E-state index is -0.461. The number of anilines is 1. The third kappa shape index (κ3) is 3.80. The lowest BCUT2D eigenvalue weighted by Gasteiger charge is -2.18. The molecule has 2 aromatic rings. The standard InChI is InChI=1S/C16H16ClFN4O2/c17-15-7-12(18)2-1-11(15)8-19-13-5-6-21(10-13)16-4-3-14(9-20-16)22(23)24/h1-4,7,9,13,19H,5-6,8,10H2. The number of pyridine rings is 1. The molecule has 1 N–H and O–H groups in total. The van der Waals surface area contributed by atoms with Gasteiger partial charge in [0.05, 0.1) is 4.92 Å². The number of nitrogens with zero attached hydrogens (tertiary/aromatic N) is 3. The van der Waals surface area contributed by atoms with Crippen molar-refractivity contribution < 1.29 is 9.31 Å². The van der Waals surface area contributed by atoms with Gasteiger partial charge in [0.15, 0.2) is 0 Å². The molecule has 1 aromatic carbocycles. The first-order valence-electron chi connectivity index (χ1n) is 7.55. The van der Waals surface area contributed by atoms with Crippen molar-refractivity contribution in [2.75, 3.05) is 18.0 Å². The fourth-order valence-electron chi connectivity index (χ4n) is 2.73. The molecule has 1 atom stereocenters. The molecule has 0 saturated carbocycles. The second-order valence-corrected chi connectivity index (χ2v) is 6.09. The number of aromatic nitrogens is 1. The van der Waals surface area contributed by atoms with E-state index in [-0.39, 0.29) is 17.5 Å². The van der Waals surface area contributed by atoms with Crippen LogP contribution in [0.1, 0.15) is 12.0 Å². The van der Waals surface area contributed by atoms with Gasteiger partial charge in [0, 0.05) is 36.8 Å². The largest absolute Gasteiger partial charge is 0.355 e. The quantitative estimate of drug-likeness (QED) is 0.662. The van der Waals surface area contributed by atoms with Crippen LogP contribution in [-0.2, 0) is 6.54 Å². The Morgan fingerprint density at radius 3 is 2.92 bits per heavy atom. The van der Waals surface area contributed by atoms with E-state index in [0.29, 0.717) is 11.6 Å². The topological polar surface area (TPSA) is 71.3 Å². The lowest BCUT2D eigenvalue weighted by atomic mass is 10.2. The second-order valence-electron chi connectivity index (χ2n) is 5.68. The number of halogens is 2. The molecule has 0 radical (unpaired) electrons. The highest BCUT2D eigenvalue weighted by Gasteiger charge is 2.23. The van der Waals surface area contributed by atoms with Gasteiger partial charge in [0.25, 0.3) is 5.69 Å². The van der Waals surface area contributed by atoms with Gasteiger partial charge in [-0.1, -0.05) is 17.7 Å². The molecule has 6 nitrogen and oxygen atoms in total. The van der Waals surface area contributed by atoms with Crippen LogP contribution in [0.3, 0.4) is 0 Å². The minimum Gasteiger partial charge on any atom is -0.355 e. The minimum absolute atomic E-state index is 0.0152. The van der Waals surface area contributed by atoms with Gasteiger partial charge in [-0.3, -0.25) is 10.1 Å². The lowest BCUT2D eigenvalue weighted by Crippen LogP contribution is -2.32. The smallest absolute Gasteiger partial charge is 0.287 e. The Morgan fingerprint density at radius 2 is 2.25 bits per heavy atom. The first kappa shape index (κ1) is 16.6. The van der Waals surface area contributed by atoms with E-state index in [1.165, 1.54) is 24.4 Å². The first-order chi connectivity index (χ1) is 11.5. The molecule has 3 rings (SSSR count). The van der Waals surface area contributed by atoms with Gasteiger partial charge in [0.2, 0.25) is 0 Å². The van der Waals surface area contributed by atoms with E-state index in [2.05, 4.69) is 15.2 Å². The number of nitro groups is 1. The van der Waals surface area contributed by atoms with E-state index < -0.39 is 4.92 Å². The molecule has 24 heavy (non-hydrogen) atoms. The molecule has 0 aliphatic carbocycles. The Kier molecular flexibility index (Phi) is 4.92. The predicted octanol–water partition coefficient (Wildman–Crippen LogP) is 3.15. The zero-order valence-corrected chi connectivity index (χ0v) is 13.5. The Bertz CT molecular complexity index is 741. The predicted molar refractivity (Wildman–Crippen MR) is 89.8 cm³/mol. The van der Waals surface area contributed by atoms with Crippen LogP contribution < -0.4 is 10.2 Å². The summed E-state index contributed by atoms with van der Waals surface area (Å²) < 4.78 is 13.0. The number of nitrogens with one attached hydrogen (secondary N) is 1. The highest BCUT2D eigenvalue weighted by molar-refractivity contribution is 6.31. The highest BCUT2D eigenvalue weighted by atomic mass is 35.5. The van der Waals surface area contributed by atoms with Crippen molar-refractivity contribution >= 4 is 23.1 Å². The van der Waals surface area contributed by atoms with Crippen LogP contribution in [0, 0.1) is 15.9 Å². The highest BCUT2D eigenvalue weighted by Crippen LogP contribution is 2.21. The number of hydrogen-bond acceptors (Lipinski definition) is 5. The Labute approximate surface area is 143 Å². The molecule has 126 valence electrons.